The van der Waals surface area contributed by atoms with E-state index in [1.54, 1.807) is 0 Å². The molecule has 0 saturated carbocycles. The topological polar surface area (TPSA) is 944 Å². The maximum atomic E-state index is 13.5. The van der Waals surface area contributed by atoms with Crippen molar-refractivity contribution in [2.75, 3.05) is 66.1 Å². The Bertz CT molecular complexity index is 4030. The van der Waals surface area contributed by atoms with E-state index >= 15 is 0 Å². The van der Waals surface area contributed by atoms with E-state index < -0.39 is 445 Å². The summed E-state index contributed by atoms with van der Waals surface area (Å²) in [5, 5.41) is 326. The molecule has 142 heavy (non-hydrogen) atoms. The van der Waals surface area contributed by atoms with Crippen LogP contribution in [0, 0.1) is 0 Å². The van der Waals surface area contributed by atoms with Crippen molar-refractivity contribution in [1.82, 2.24) is 37.2 Å². The van der Waals surface area contributed by atoms with Gasteiger partial charge in [-0.3, -0.25) is 33.6 Å². The predicted molar refractivity (Wildman–Crippen MR) is 442 cm³/mol. The van der Waals surface area contributed by atoms with Gasteiger partial charge in [-0.05, 0) is 6.92 Å². The van der Waals surface area contributed by atoms with Crippen LogP contribution in [0.2, 0.25) is 0 Å². The first-order valence-electron chi connectivity index (χ1n) is 45.5. The Morgan fingerprint density at radius 3 is 0.817 bits per heavy atom. The molecule has 0 aliphatic carbocycles. The fraction of sp³-hybridized carbons (Fsp3) is 0.912. The van der Waals surface area contributed by atoms with E-state index in [4.69, 9.17) is 99.5 Å². The number of carbonyl (C=O) groups excluding carboxylic acids is 7. The number of aliphatic hydroxyl groups is 27. The van der Waals surface area contributed by atoms with Gasteiger partial charge in [-0.1, -0.05) is 0 Å². The molecule has 62 nitrogen and oxygen atoms in total. The molecule has 11 saturated heterocycles. The molecule has 0 bridgehead atoms. The van der Waals surface area contributed by atoms with Crippen LogP contribution in [0.25, 0.3) is 0 Å². The second kappa shape index (κ2) is 51.3. The highest BCUT2D eigenvalue weighted by atomic mass is 16.8. The molecule has 62 heteroatoms. The van der Waals surface area contributed by atoms with Crippen molar-refractivity contribution < 1.29 is 271 Å². The number of ether oxygens (including phenoxy) is 21. The predicted octanol–water partition coefficient (Wildman–Crippen LogP) is -22.9. The lowest BCUT2D eigenvalue weighted by atomic mass is 9.93. The Balaban J connectivity index is 1.04. The second-order valence-corrected chi connectivity index (χ2v) is 36.0. The SMILES string of the molecule is CC(=O)N[C@@H]1[C@@H](O)[C@H](O[C@@H]2O[C@H](CO)[C@@H](O[C@@H]3O[C@H](CO[C@H]4O[C@H](CO[C@@H]5O[C@H](CO)[C@@H](O)[C@H](O)[C@H]5NC(C)=O)[C@@H](O[C@@H]5O[C@H](CO)[C@@H](O)[C@H](O)[C@H]5NC(C)=O)[C@H](O)[C@@H]4O[C@@H]4O[C@H](CO)[C@@H](O)[C@H](O)[C@H]4NC(C)=O)[C@@H](O)[C@H](O[C@H]4O[C@H](CO)[C@@H](O[C@@H]5O[C@H](CO)[C@@H](O)[C@H](O)[C@H]5NC(C)=O)[C@H](O)[C@@H]4O[C@@H]4O[C@H](CO)[C@@H](O)[C@H](O)[C@H]4NC(C)=O)[C@@H]3O)[C@H](O)[C@H]2NC(C)=O)[C@@H](CO[C@@H]2O[C@@H](C)[C@@H](O)[C@@H](O)[C@@H]2O)O[C@H]1O. The number of hydrogen-bond donors (Lipinski definition) is 34. The number of nitrogens with one attached hydrogen (secondary N) is 7. The van der Waals surface area contributed by atoms with Gasteiger partial charge >= 0.3 is 0 Å². The van der Waals surface area contributed by atoms with Crippen LogP contribution >= 0.6 is 0 Å². The highest BCUT2D eigenvalue weighted by Crippen LogP contribution is 2.42. The lowest BCUT2D eigenvalue weighted by molar-refractivity contribution is -0.404. The second-order valence-electron chi connectivity index (χ2n) is 36.0. The van der Waals surface area contributed by atoms with E-state index in [0.29, 0.717) is 0 Å². The molecule has 11 heterocycles. The lowest BCUT2D eigenvalue weighted by Gasteiger charge is -2.52. The Morgan fingerprint density at radius 1 is 0.197 bits per heavy atom. The first-order valence-corrected chi connectivity index (χ1v) is 45.5. The van der Waals surface area contributed by atoms with E-state index in [1.807, 2.05) is 0 Å². The van der Waals surface area contributed by atoms with Crippen molar-refractivity contribution in [1.29, 1.82) is 0 Å². The fourth-order valence-electron chi connectivity index (χ4n) is 18.4. The van der Waals surface area contributed by atoms with E-state index in [1.165, 1.54) is 6.92 Å². The fourth-order valence-corrected chi connectivity index (χ4v) is 18.4. The number of carbonyl (C=O) groups is 7. The maximum Gasteiger partial charge on any atom is 0.217 e. The Morgan fingerprint density at radius 2 is 0.444 bits per heavy atom. The van der Waals surface area contributed by atoms with E-state index in [9.17, 15) is 171 Å². The van der Waals surface area contributed by atoms with Crippen molar-refractivity contribution in [2.45, 2.75) is 393 Å². The largest absolute Gasteiger partial charge is 0.394 e. The van der Waals surface area contributed by atoms with Crippen molar-refractivity contribution in [3.05, 3.63) is 0 Å². The zero-order chi connectivity index (χ0) is 105. The standard InChI is InChI=1S/C80H133N7O55/c1-19-44(102)58(116)59(117)77(125-19)123-17-35-65(56(114)37(70(121)126-35)81-20(2)95)137-76-43(87-26(8)101)57(115)63(32(14-93)132-76)139-78-62(120)67(140-80-69(142-75-42(86-25(7)100)55(113)49(107)31(13-92)131-75)60(118)64(33(15-94)133-80)136-72-39(83-22(4)97)52(110)46(104)28(10-89)128-72)50(108)34(134-78)16-124-79-68(141-74-41(85-24(6)99)54(112)48(106)30(12-91)130-74)61(119)66(138-73-40(84-23(5)98)53(111)47(105)29(11-90)129-73)36(135-79)18-122-71-38(82-21(3)96)51(109)45(103)27(9-88)127-71/h19,27-80,88-94,102-121H,9-18H2,1-8H3,(H,81,95)(H,82,96)(H,83,97)(H,84,98)(H,85,99)(H,86,100)(H,87,101)/t19-,27+,28+,29+,30+,31+,32+,33+,34+,35+,36+,37+,38+,39+,40+,41+,42+,43+,44+,45+,46+,47+,48+,49+,50+,51+,52+,53+,54+,55+,56+,57+,58+,59-,60-,61-,62-,63+,64+,65+,66+,67-,68-,69-,70+,71+,72-,73-,74-,75-,76-,77+,78-,79-,80+/m0/s1. The zero-order valence-corrected chi connectivity index (χ0v) is 77.3. The highest BCUT2D eigenvalue weighted by Gasteiger charge is 2.63. The first kappa shape index (κ1) is 117. The molecule has 34 N–H and O–H groups in total. The van der Waals surface area contributed by atoms with E-state index in [-0.39, 0.29) is 0 Å². The van der Waals surface area contributed by atoms with Crippen LogP contribution in [0.4, 0.5) is 0 Å². The third kappa shape index (κ3) is 26.7. The molecule has 0 spiro atoms. The monoisotopic (exact) mass is 2070 g/mol. The van der Waals surface area contributed by atoms with Gasteiger partial charge in [0.2, 0.25) is 41.4 Å². The minimum absolute atomic E-state index is 0.883. The van der Waals surface area contributed by atoms with Gasteiger partial charge in [0.1, 0.15) is 262 Å². The number of aliphatic hydroxyl groups excluding tert-OH is 27. The van der Waals surface area contributed by atoms with Gasteiger partial charge in [0.05, 0.1) is 72.2 Å². The van der Waals surface area contributed by atoms with Gasteiger partial charge < -0.3 is 275 Å². The summed E-state index contributed by atoms with van der Waals surface area (Å²) in [5.74, 6) is -6.67. The third-order valence-corrected chi connectivity index (χ3v) is 25.7. The summed E-state index contributed by atoms with van der Waals surface area (Å²) in [7, 11) is 0. The number of amides is 7. The molecule has 7 amide bonds. The molecule has 818 valence electrons. The van der Waals surface area contributed by atoms with Crippen LogP contribution in [0.5, 0.6) is 0 Å². The van der Waals surface area contributed by atoms with Gasteiger partial charge in [0.25, 0.3) is 0 Å². The molecule has 0 radical (unpaired) electrons. The molecule has 0 aromatic rings. The van der Waals surface area contributed by atoms with E-state index in [0.717, 1.165) is 48.5 Å². The van der Waals surface area contributed by atoms with Gasteiger partial charge in [0, 0.05) is 48.5 Å². The molecule has 11 aliphatic rings. The number of hydrogen-bond acceptors (Lipinski definition) is 55. The van der Waals surface area contributed by atoms with E-state index in [2.05, 4.69) is 37.2 Å². The Kier molecular flexibility index (Phi) is 42.1. The summed E-state index contributed by atoms with van der Waals surface area (Å²) in [6.45, 7) is -3.95. The molecule has 55 atom stereocenters. The summed E-state index contributed by atoms with van der Waals surface area (Å²) in [6.07, 6.45) is -104. The molecule has 11 aliphatic heterocycles. The molecule has 11 rings (SSSR count). The lowest BCUT2D eigenvalue weighted by Crippen LogP contribution is -2.71. The summed E-state index contributed by atoms with van der Waals surface area (Å²) in [6, 6.07) is -13.5. The minimum atomic E-state index is -2.79. The van der Waals surface area contributed by atoms with Crippen LogP contribution in [-0.4, -0.2) is 583 Å². The van der Waals surface area contributed by atoms with Gasteiger partial charge in [-0.15, -0.1) is 0 Å². The van der Waals surface area contributed by atoms with Gasteiger partial charge in [-0.2, -0.15) is 0 Å². The van der Waals surface area contributed by atoms with Crippen LogP contribution in [0.15, 0.2) is 0 Å². The Labute approximate surface area is 805 Å². The van der Waals surface area contributed by atoms with Gasteiger partial charge in [0.15, 0.2) is 69.2 Å². The average molecular weight is 2070 g/mol. The normalized spacial score (nSPS) is 47.5. The third-order valence-electron chi connectivity index (χ3n) is 25.7. The molecule has 0 aromatic heterocycles. The maximum absolute atomic E-state index is 13.5. The van der Waals surface area contributed by atoms with Crippen LogP contribution in [-0.2, 0) is 133 Å². The van der Waals surface area contributed by atoms with Crippen LogP contribution < -0.4 is 37.2 Å². The highest BCUT2D eigenvalue weighted by molar-refractivity contribution is 5.75. The zero-order valence-electron chi connectivity index (χ0n) is 77.3. The molecule has 0 aromatic carbocycles. The smallest absolute Gasteiger partial charge is 0.217 e. The molecule has 0 unspecified atom stereocenters. The minimum Gasteiger partial charge on any atom is -0.394 e. The van der Waals surface area contributed by atoms with Gasteiger partial charge in [-0.25, -0.2) is 0 Å². The van der Waals surface area contributed by atoms with Crippen LogP contribution in [0.1, 0.15) is 55.4 Å². The summed E-state index contributed by atoms with van der Waals surface area (Å²) >= 11 is 0. The summed E-state index contributed by atoms with van der Waals surface area (Å²) < 4.78 is 129. The summed E-state index contributed by atoms with van der Waals surface area (Å²) in [5.41, 5.74) is 0. The van der Waals surface area contributed by atoms with Crippen molar-refractivity contribution >= 4 is 41.4 Å². The van der Waals surface area contributed by atoms with Crippen molar-refractivity contribution in [2.24, 2.45) is 0 Å². The van der Waals surface area contributed by atoms with Crippen molar-refractivity contribution in [3.8, 4) is 0 Å². The van der Waals surface area contributed by atoms with Crippen molar-refractivity contribution in [3.63, 3.8) is 0 Å². The summed E-state index contributed by atoms with van der Waals surface area (Å²) in [4.78, 5) is 90.8. The molecular weight excluding hydrogens is 1940 g/mol. The Hall–Kier alpha value is -5.63. The first-order chi connectivity index (χ1) is 67.0. The molecular formula is C80H133N7O55. The van der Waals surface area contributed by atoms with Crippen LogP contribution in [0.3, 0.4) is 0 Å². The quantitative estimate of drug-likeness (QED) is 0.0275. The average Bonchev–Trinajstić information content (AvgIpc) is 0.753. The molecule has 11 fully saturated rings. The number of rotatable bonds is 37.